The summed E-state index contributed by atoms with van der Waals surface area (Å²) >= 11 is 0. The molecule has 0 saturated heterocycles. The normalized spacial score (nSPS) is 9.03. The van der Waals surface area contributed by atoms with Gasteiger partial charge in [0.25, 0.3) is 0 Å². The summed E-state index contributed by atoms with van der Waals surface area (Å²) in [5, 5.41) is 0. The Morgan fingerprint density at radius 1 is 0.484 bits per heavy atom. The predicted molar refractivity (Wildman–Crippen MR) is 123 cm³/mol. The van der Waals surface area contributed by atoms with E-state index < -0.39 is 0 Å². The standard InChI is InChI=1S/C14H8N2O2.C12H10.H2O/c17-9-15-13-8-4-7-12(14(13)16-10-18)11-5-2-1-3-6-11;1-3-7-11(8-4-1)12-9-5-2-6-10-12;/h1-8H;1-10H;1H2. The molecule has 0 aliphatic carbocycles. The SMILES string of the molecule is O.O=C=Nc1cccc(-c2ccccc2)c1N=C=O.c1ccc(-c2ccccc2)cc1. The van der Waals surface area contributed by atoms with Gasteiger partial charge in [0.1, 0.15) is 11.4 Å². The van der Waals surface area contributed by atoms with E-state index in [1.807, 2.05) is 42.5 Å². The van der Waals surface area contributed by atoms with Gasteiger partial charge in [-0.25, -0.2) is 9.59 Å². The van der Waals surface area contributed by atoms with Crippen molar-refractivity contribution in [3.63, 3.8) is 0 Å². The van der Waals surface area contributed by atoms with Crippen molar-refractivity contribution in [2.75, 3.05) is 0 Å². The zero-order valence-electron chi connectivity index (χ0n) is 16.6. The van der Waals surface area contributed by atoms with Crippen molar-refractivity contribution in [1.29, 1.82) is 0 Å². The van der Waals surface area contributed by atoms with Crippen LogP contribution in [0.5, 0.6) is 0 Å². The van der Waals surface area contributed by atoms with Crippen LogP contribution in [-0.2, 0) is 9.59 Å². The largest absolute Gasteiger partial charge is 0.412 e. The third kappa shape index (κ3) is 6.29. The van der Waals surface area contributed by atoms with Crippen LogP contribution >= 0.6 is 0 Å². The van der Waals surface area contributed by atoms with Crippen LogP contribution in [0.3, 0.4) is 0 Å². The van der Waals surface area contributed by atoms with Gasteiger partial charge < -0.3 is 5.48 Å². The summed E-state index contributed by atoms with van der Waals surface area (Å²) in [6.07, 6.45) is 2.92. The molecular weight excluding hydrogens is 388 g/mol. The minimum atomic E-state index is 0. The summed E-state index contributed by atoms with van der Waals surface area (Å²) in [6, 6.07) is 35.3. The lowest BCUT2D eigenvalue weighted by Gasteiger charge is -2.06. The molecule has 152 valence electrons. The van der Waals surface area contributed by atoms with Crippen molar-refractivity contribution in [2.45, 2.75) is 0 Å². The highest BCUT2D eigenvalue weighted by Crippen LogP contribution is 2.37. The molecule has 5 heteroatoms. The molecule has 5 nitrogen and oxygen atoms in total. The summed E-state index contributed by atoms with van der Waals surface area (Å²) in [4.78, 5) is 28.0. The molecule has 0 aliphatic rings. The first-order valence-electron chi connectivity index (χ1n) is 9.28. The Balaban J connectivity index is 0.000000229. The highest BCUT2D eigenvalue weighted by molar-refractivity contribution is 5.85. The van der Waals surface area contributed by atoms with Crippen LogP contribution in [0.4, 0.5) is 11.4 Å². The second kappa shape index (κ2) is 12.2. The molecule has 0 saturated carbocycles. The van der Waals surface area contributed by atoms with Gasteiger partial charge >= 0.3 is 0 Å². The van der Waals surface area contributed by atoms with Crippen LogP contribution < -0.4 is 0 Å². The van der Waals surface area contributed by atoms with Crippen molar-refractivity contribution < 1.29 is 15.1 Å². The smallest absolute Gasteiger partial charge is 0.240 e. The molecule has 0 amide bonds. The summed E-state index contributed by atoms with van der Waals surface area (Å²) in [7, 11) is 0. The van der Waals surface area contributed by atoms with Gasteiger partial charge in [0.05, 0.1) is 0 Å². The highest BCUT2D eigenvalue weighted by atomic mass is 16.1. The maximum absolute atomic E-state index is 10.5. The molecule has 0 aromatic heterocycles. The summed E-state index contributed by atoms with van der Waals surface area (Å²) in [5.74, 6) is 0. The fourth-order valence-corrected chi connectivity index (χ4v) is 2.95. The predicted octanol–water partition coefficient (Wildman–Crippen LogP) is 5.82. The third-order valence-corrected chi connectivity index (χ3v) is 4.30. The van der Waals surface area contributed by atoms with Crippen molar-refractivity contribution in [1.82, 2.24) is 0 Å². The minimum Gasteiger partial charge on any atom is -0.412 e. The second-order valence-corrected chi connectivity index (χ2v) is 6.18. The van der Waals surface area contributed by atoms with Crippen molar-refractivity contribution in [2.24, 2.45) is 9.98 Å². The molecule has 2 N–H and O–H groups in total. The summed E-state index contributed by atoms with van der Waals surface area (Å²) in [6.45, 7) is 0. The number of rotatable bonds is 4. The molecule has 0 atom stereocenters. The number of aliphatic imine (C=N–C) groups is 2. The average Bonchev–Trinajstić information content (AvgIpc) is 2.83. The van der Waals surface area contributed by atoms with Gasteiger partial charge in [-0.3, -0.25) is 0 Å². The van der Waals surface area contributed by atoms with E-state index in [4.69, 9.17) is 0 Å². The van der Waals surface area contributed by atoms with Gasteiger partial charge in [0.2, 0.25) is 12.2 Å². The van der Waals surface area contributed by atoms with Crippen molar-refractivity contribution in [3.05, 3.63) is 109 Å². The average molecular weight is 408 g/mol. The Labute approximate surface area is 180 Å². The zero-order chi connectivity index (χ0) is 21.0. The van der Waals surface area contributed by atoms with E-state index in [0.29, 0.717) is 11.4 Å². The van der Waals surface area contributed by atoms with Crippen LogP contribution in [0.25, 0.3) is 22.3 Å². The van der Waals surface area contributed by atoms with E-state index in [-0.39, 0.29) is 5.48 Å². The lowest BCUT2D eigenvalue weighted by molar-refractivity contribution is 0.564. The Hall–Kier alpha value is -4.40. The third-order valence-electron chi connectivity index (χ3n) is 4.30. The van der Waals surface area contributed by atoms with Gasteiger partial charge in [-0.15, -0.1) is 0 Å². The van der Waals surface area contributed by atoms with Crippen molar-refractivity contribution in [3.8, 4) is 22.3 Å². The first-order valence-corrected chi connectivity index (χ1v) is 9.28. The van der Waals surface area contributed by atoms with E-state index in [0.717, 1.165) is 11.1 Å². The van der Waals surface area contributed by atoms with E-state index >= 15 is 0 Å². The highest BCUT2D eigenvalue weighted by Gasteiger charge is 2.08. The number of isocyanates is 2. The van der Waals surface area contributed by atoms with Gasteiger partial charge in [-0.05, 0) is 22.8 Å². The van der Waals surface area contributed by atoms with Gasteiger partial charge in [0, 0.05) is 5.56 Å². The molecule has 0 bridgehead atoms. The van der Waals surface area contributed by atoms with E-state index in [2.05, 4.69) is 58.5 Å². The second-order valence-electron chi connectivity index (χ2n) is 6.18. The molecule has 4 rings (SSSR count). The quantitative estimate of drug-likeness (QED) is 0.315. The topological polar surface area (TPSA) is 90.4 Å². The fourth-order valence-electron chi connectivity index (χ4n) is 2.95. The number of hydrogen-bond donors (Lipinski definition) is 0. The molecular formula is C26H20N2O3. The van der Waals surface area contributed by atoms with Gasteiger partial charge in [0.15, 0.2) is 0 Å². The summed E-state index contributed by atoms with van der Waals surface area (Å²) in [5.41, 5.74) is 4.78. The van der Waals surface area contributed by atoms with Crippen LogP contribution in [0.1, 0.15) is 0 Å². The van der Waals surface area contributed by atoms with Crippen LogP contribution in [-0.4, -0.2) is 17.6 Å². The lowest BCUT2D eigenvalue weighted by Crippen LogP contribution is -1.79. The minimum absolute atomic E-state index is 0. The molecule has 0 spiro atoms. The molecule has 0 aliphatic heterocycles. The number of carbonyl (C=O) groups excluding carboxylic acids is 2. The Kier molecular flexibility index (Phi) is 9.02. The van der Waals surface area contributed by atoms with Crippen LogP contribution in [0, 0.1) is 0 Å². The monoisotopic (exact) mass is 408 g/mol. The van der Waals surface area contributed by atoms with Crippen LogP contribution in [0.15, 0.2) is 119 Å². The molecule has 0 radical (unpaired) electrons. The summed E-state index contributed by atoms with van der Waals surface area (Å²) < 4.78 is 0. The van der Waals surface area contributed by atoms with Gasteiger partial charge in [-0.2, -0.15) is 9.98 Å². The van der Waals surface area contributed by atoms with E-state index in [1.165, 1.54) is 23.3 Å². The van der Waals surface area contributed by atoms with Crippen molar-refractivity contribution >= 4 is 23.5 Å². The Morgan fingerprint density at radius 2 is 0.935 bits per heavy atom. The Morgan fingerprint density at radius 3 is 1.39 bits per heavy atom. The first-order chi connectivity index (χ1) is 14.8. The van der Waals surface area contributed by atoms with Crippen LogP contribution in [0.2, 0.25) is 0 Å². The molecule has 31 heavy (non-hydrogen) atoms. The first kappa shape index (κ1) is 22.9. The molecule has 0 heterocycles. The van der Waals surface area contributed by atoms with E-state index in [9.17, 15) is 9.59 Å². The Bertz CT molecular complexity index is 1140. The number of nitrogens with zero attached hydrogens (tertiary/aromatic N) is 2. The number of hydrogen-bond acceptors (Lipinski definition) is 4. The number of benzene rings is 4. The zero-order valence-corrected chi connectivity index (χ0v) is 16.6. The molecule has 0 unspecified atom stereocenters. The molecule has 4 aromatic carbocycles. The maximum Gasteiger partial charge on any atom is 0.240 e. The maximum atomic E-state index is 10.5. The molecule has 4 aromatic rings. The van der Waals surface area contributed by atoms with Gasteiger partial charge in [-0.1, -0.05) is 103 Å². The fraction of sp³-hybridized carbons (Fsp3) is 0. The van der Waals surface area contributed by atoms with E-state index in [1.54, 1.807) is 18.2 Å². The lowest BCUT2D eigenvalue weighted by atomic mass is 10.0. The number of para-hydroxylation sites is 1. The molecule has 0 fully saturated rings.